The molecule has 1 aliphatic heterocycles. The van der Waals surface area contributed by atoms with Gasteiger partial charge in [-0.3, -0.25) is 4.79 Å². The maximum Gasteiger partial charge on any atom is 0.182 e. The van der Waals surface area contributed by atoms with E-state index >= 15 is 0 Å². The Balaban J connectivity index is 1.92. The first-order valence-electron chi connectivity index (χ1n) is 7.11. The zero-order valence-corrected chi connectivity index (χ0v) is 12.2. The van der Waals surface area contributed by atoms with Gasteiger partial charge in [0.15, 0.2) is 17.3 Å². The number of benzene rings is 2. The molecule has 0 spiro atoms. The summed E-state index contributed by atoms with van der Waals surface area (Å²) in [5.41, 5.74) is 2.28. The highest BCUT2D eigenvalue weighted by Crippen LogP contribution is 2.33. The molecule has 0 radical (unpaired) electrons. The van der Waals surface area contributed by atoms with Crippen molar-refractivity contribution in [1.82, 2.24) is 0 Å². The molecular weight excluding hydrogens is 292 g/mol. The molecule has 0 aromatic heterocycles. The number of hydrogen-bond donors (Lipinski definition) is 3. The standard InChI is InChI=1S/C18H14N2O3/c19-9-12(7-11-5-6-16(21)17(22)8-11)18(23)14-10-20-15-4-2-1-3-13(14)15/h1-8,14,20-22H,10H2/b12-7+. The topological polar surface area (TPSA) is 93.3 Å². The molecule has 3 rings (SSSR count). The van der Waals surface area contributed by atoms with Crippen molar-refractivity contribution in [2.45, 2.75) is 5.92 Å². The zero-order valence-electron chi connectivity index (χ0n) is 12.2. The zero-order chi connectivity index (χ0) is 16.4. The summed E-state index contributed by atoms with van der Waals surface area (Å²) < 4.78 is 0. The van der Waals surface area contributed by atoms with Crippen LogP contribution in [0.5, 0.6) is 11.5 Å². The molecule has 0 saturated heterocycles. The van der Waals surface area contributed by atoms with Crippen molar-refractivity contribution in [3.63, 3.8) is 0 Å². The lowest BCUT2D eigenvalue weighted by Gasteiger charge is -2.08. The smallest absolute Gasteiger partial charge is 0.182 e. The number of Topliss-reactive ketones (excluding diaryl/α,β-unsaturated/α-hetero) is 1. The molecule has 1 aliphatic rings. The van der Waals surface area contributed by atoms with Crippen molar-refractivity contribution >= 4 is 17.5 Å². The SMILES string of the molecule is N#C/C(=C\c1ccc(O)c(O)c1)C(=O)C1CNc2ccccc21. The van der Waals surface area contributed by atoms with Gasteiger partial charge in [0, 0.05) is 12.2 Å². The van der Waals surface area contributed by atoms with E-state index in [1.165, 1.54) is 24.3 Å². The van der Waals surface area contributed by atoms with Gasteiger partial charge in [-0.2, -0.15) is 5.26 Å². The number of carbonyl (C=O) groups is 1. The number of anilines is 1. The molecule has 0 fully saturated rings. The van der Waals surface area contributed by atoms with Gasteiger partial charge >= 0.3 is 0 Å². The van der Waals surface area contributed by atoms with Crippen LogP contribution in [-0.4, -0.2) is 22.5 Å². The van der Waals surface area contributed by atoms with Crippen molar-refractivity contribution < 1.29 is 15.0 Å². The number of carbonyl (C=O) groups excluding carboxylic acids is 1. The summed E-state index contributed by atoms with van der Waals surface area (Å²) in [4.78, 5) is 12.7. The summed E-state index contributed by atoms with van der Waals surface area (Å²) in [6.07, 6.45) is 1.42. The molecule has 0 amide bonds. The van der Waals surface area contributed by atoms with E-state index in [0.29, 0.717) is 12.1 Å². The number of rotatable bonds is 3. The van der Waals surface area contributed by atoms with E-state index in [1.807, 2.05) is 30.3 Å². The normalized spacial score (nSPS) is 16.3. The monoisotopic (exact) mass is 306 g/mol. The van der Waals surface area contributed by atoms with Crippen LogP contribution in [-0.2, 0) is 4.79 Å². The third kappa shape index (κ3) is 2.74. The third-order valence-corrected chi connectivity index (χ3v) is 3.85. The Morgan fingerprint density at radius 2 is 2.00 bits per heavy atom. The Kier molecular flexibility index (Phi) is 3.73. The summed E-state index contributed by atoms with van der Waals surface area (Å²) in [5, 5.41) is 31.3. The van der Waals surface area contributed by atoms with E-state index in [9.17, 15) is 20.3 Å². The highest BCUT2D eigenvalue weighted by molar-refractivity contribution is 6.08. The first-order valence-corrected chi connectivity index (χ1v) is 7.11. The third-order valence-electron chi connectivity index (χ3n) is 3.85. The Hall–Kier alpha value is -3.26. The second-order valence-electron chi connectivity index (χ2n) is 5.30. The van der Waals surface area contributed by atoms with Crippen LogP contribution in [0.2, 0.25) is 0 Å². The quantitative estimate of drug-likeness (QED) is 0.460. The second-order valence-corrected chi connectivity index (χ2v) is 5.30. The van der Waals surface area contributed by atoms with Gasteiger partial charge < -0.3 is 15.5 Å². The van der Waals surface area contributed by atoms with Crippen molar-refractivity contribution in [1.29, 1.82) is 5.26 Å². The van der Waals surface area contributed by atoms with Crippen LogP contribution in [0.4, 0.5) is 5.69 Å². The number of ketones is 1. The maximum atomic E-state index is 12.7. The summed E-state index contributed by atoms with van der Waals surface area (Å²) >= 11 is 0. The minimum atomic E-state index is -0.400. The van der Waals surface area contributed by atoms with Gasteiger partial charge in [0.25, 0.3) is 0 Å². The summed E-state index contributed by atoms with van der Waals surface area (Å²) in [6, 6.07) is 13.6. The first kappa shape index (κ1) is 14.7. The van der Waals surface area contributed by atoms with Crippen LogP contribution in [0.15, 0.2) is 48.0 Å². The number of hydrogen-bond acceptors (Lipinski definition) is 5. The summed E-state index contributed by atoms with van der Waals surface area (Å²) in [5.74, 6) is -1.21. The number of nitrogens with zero attached hydrogens (tertiary/aromatic N) is 1. The minimum absolute atomic E-state index is 0.0126. The molecule has 5 nitrogen and oxygen atoms in total. The molecule has 1 atom stereocenters. The Labute approximate surface area is 133 Å². The van der Waals surface area contributed by atoms with E-state index in [1.54, 1.807) is 0 Å². The predicted molar refractivity (Wildman–Crippen MR) is 86.0 cm³/mol. The van der Waals surface area contributed by atoms with Gasteiger partial charge in [0.05, 0.1) is 11.5 Å². The van der Waals surface area contributed by atoms with Gasteiger partial charge in [-0.1, -0.05) is 24.3 Å². The molecule has 1 unspecified atom stereocenters. The fraction of sp³-hybridized carbons (Fsp3) is 0.111. The fourth-order valence-corrected chi connectivity index (χ4v) is 2.66. The van der Waals surface area contributed by atoms with E-state index in [-0.39, 0.29) is 22.9 Å². The molecule has 114 valence electrons. The van der Waals surface area contributed by atoms with E-state index in [2.05, 4.69) is 5.32 Å². The van der Waals surface area contributed by atoms with Crippen LogP contribution in [0, 0.1) is 11.3 Å². The number of nitrogens with one attached hydrogen (secondary N) is 1. The Bertz CT molecular complexity index is 850. The number of phenolic OH excluding ortho intramolecular Hbond substituents is 2. The molecule has 23 heavy (non-hydrogen) atoms. The van der Waals surface area contributed by atoms with Crippen molar-refractivity contribution in [3.8, 4) is 17.6 Å². The molecular formula is C18H14N2O3. The number of phenols is 2. The molecule has 3 N–H and O–H groups in total. The molecule has 2 aromatic rings. The van der Waals surface area contributed by atoms with Gasteiger partial charge in [0.2, 0.25) is 0 Å². The fourth-order valence-electron chi connectivity index (χ4n) is 2.66. The lowest BCUT2D eigenvalue weighted by Crippen LogP contribution is -2.16. The van der Waals surface area contributed by atoms with Crippen LogP contribution in [0.3, 0.4) is 0 Å². The van der Waals surface area contributed by atoms with E-state index in [4.69, 9.17) is 0 Å². The van der Waals surface area contributed by atoms with Crippen LogP contribution >= 0.6 is 0 Å². The Morgan fingerprint density at radius 1 is 1.22 bits per heavy atom. The average Bonchev–Trinajstić information content (AvgIpc) is 2.99. The van der Waals surface area contributed by atoms with Crippen molar-refractivity contribution in [2.24, 2.45) is 0 Å². The van der Waals surface area contributed by atoms with E-state index in [0.717, 1.165) is 11.3 Å². The Morgan fingerprint density at radius 3 is 2.74 bits per heavy atom. The van der Waals surface area contributed by atoms with E-state index < -0.39 is 5.92 Å². The van der Waals surface area contributed by atoms with Gasteiger partial charge in [0.1, 0.15) is 6.07 Å². The molecule has 0 aliphatic carbocycles. The highest BCUT2D eigenvalue weighted by Gasteiger charge is 2.30. The molecule has 1 heterocycles. The average molecular weight is 306 g/mol. The van der Waals surface area contributed by atoms with Gasteiger partial charge in [-0.25, -0.2) is 0 Å². The van der Waals surface area contributed by atoms with Gasteiger partial charge in [-0.15, -0.1) is 0 Å². The predicted octanol–water partition coefficient (Wildman–Crippen LogP) is 2.78. The highest BCUT2D eigenvalue weighted by atomic mass is 16.3. The summed E-state index contributed by atoms with van der Waals surface area (Å²) in [6.45, 7) is 0.456. The molecule has 0 saturated carbocycles. The lowest BCUT2D eigenvalue weighted by atomic mass is 9.92. The lowest BCUT2D eigenvalue weighted by molar-refractivity contribution is -0.116. The van der Waals surface area contributed by atoms with Crippen LogP contribution in [0.25, 0.3) is 6.08 Å². The first-order chi connectivity index (χ1) is 11.1. The number of fused-ring (bicyclic) bond motifs is 1. The number of allylic oxidation sites excluding steroid dienone is 1. The molecule has 0 bridgehead atoms. The minimum Gasteiger partial charge on any atom is -0.504 e. The van der Waals surface area contributed by atoms with Crippen molar-refractivity contribution in [2.75, 3.05) is 11.9 Å². The largest absolute Gasteiger partial charge is 0.504 e. The maximum absolute atomic E-state index is 12.7. The molecule has 2 aromatic carbocycles. The molecule has 5 heteroatoms. The number of para-hydroxylation sites is 1. The summed E-state index contributed by atoms with van der Waals surface area (Å²) in [7, 11) is 0. The number of nitriles is 1. The van der Waals surface area contributed by atoms with Crippen LogP contribution < -0.4 is 5.32 Å². The van der Waals surface area contributed by atoms with Crippen LogP contribution in [0.1, 0.15) is 17.0 Å². The van der Waals surface area contributed by atoms with Crippen molar-refractivity contribution in [3.05, 3.63) is 59.2 Å². The van der Waals surface area contributed by atoms with Gasteiger partial charge in [-0.05, 0) is 35.4 Å². The second kappa shape index (κ2) is 5.85. The number of aromatic hydroxyl groups is 2.